The Morgan fingerprint density at radius 1 is 0.976 bits per heavy atom. The van der Waals surface area contributed by atoms with E-state index < -0.39 is 51.4 Å². The molecule has 6 atom stereocenters. The monoisotopic (exact) mass is 572 g/mol. The van der Waals surface area contributed by atoms with Crippen molar-refractivity contribution in [3.05, 3.63) is 64.2 Å². The Hall–Kier alpha value is -3.71. The third kappa shape index (κ3) is 3.34. The molecule has 222 valence electrons. The number of hydrogen-bond acceptors (Lipinski definition) is 7. The molecular weight excluding hydrogens is 532 g/mol. The Kier molecular flexibility index (Phi) is 6.66. The molecule has 0 spiro atoms. The van der Waals surface area contributed by atoms with Crippen molar-refractivity contribution in [1.82, 2.24) is 0 Å². The lowest BCUT2D eigenvalue weighted by Gasteiger charge is -2.65. The number of allylic oxidation sites excluding steroid dienone is 1. The first kappa shape index (κ1) is 29.8. The van der Waals surface area contributed by atoms with Gasteiger partial charge in [-0.25, -0.2) is 0 Å². The fourth-order valence-corrected chi connectivity index (χ4v) is 8.88. The van der Waals surface area contributed by atoms with Crippen LogP contribution < -0.4 is 4.74 Å². The summed E-state index contributed by atoms with van der Waals surface area (Å²) in [5, 5.41) is 36.0. The Morgan fingerprint density at radius 2 is 1.57 bits per heavy atom. The Morgan fingerprint density at radius 3 is 2.10 bits per heavy atom. The number of methoxy groups -OCH3 is 1. The molecule has 1 fully saturated rings. The quantitative estimate of drug-likeness (QED) is 0.296. The summed E-state index contributed by atoms with van der Waals surface area (Å²) in [5.41, 5.74) is -2.62. The van der Waals surface area contributed by atoms with E-state index in [-0.39, 0.29) is 34.3 Å². The molecular formula is C35H40O7. The van der Waals surface area contributed by atoms with E-state index in [2.05, 4.69) is 0 Å². The minimum absolute atomic E-state index is 0.0875. The van der Waals surface area contributed by atoms with Crippen LogP contribution in [-0.2, 0) is 14.4 Å². The van der Waals surface area contributed by atoms with Crippen LogP contribution in [0.4, 0.5) is 0 Å². The van der Waals surface area contributed by atoms with E-state index in [1.807, 2.05) is 40.7 Å². The molecule has 2 aromatic carbocycles. The van der Waals surface area contributed by atoms with Crippen LogP contribution in [0.3, 0.4) is 0 Å². The number of rotatable bonds is 4. The molecule has 0 radical (unpaired) electrons. The minimum Gasteiger partial charge on any atom is -0.507 e. The van der Waals surface area contributed by atoms with Gasteiger partial charge in [0.15, 0.2) is 11.4 Å². The van der Waals surface area contributed by atoms with Gasteiger partial charge in [0, 0.05) is 22.0 Å². The maximum atomic E-state index is 14.7. The fraction of sp³-hybridized carbons (Fsp3) is 0.457. The van der Waals surface area contributed by atoms with Crippen LogP contribution in [0, 0.1) is 28.6 Å². The van der Waals surface area contributed by atoms with Crippen LogP contribution in [0.1, 0.15) is 72.4 Å². The summed E-state index contributed by atoms with van der Waals surface area (Å²) >= 11 is 0. The molecule has 2 aromatic rings. The van der Waals surface area contributed by atoms with Gasteiger partial charge in [0.05, 0.1) is 18.2 Å². The number of phenolic OH excluding ortho intramolecular Hbond substituents is 1. The van der Waals surface area contributed by atoms with Gasteiger partial charge in [-0.15, -0.1) is 0 Å². The zero-order chi connectivity index (χ0) is 31.3. The topological polar surface area (TPSA) is 121 Å². The predicted octanol–water partition coefficient (Wildman–Crippen LogP) is 6.18. The van der Waals surface area contributed by atoms with E-state index in [0.29, 0.717) is 28.0 Å². The van der Waals surface area contributed by atoms with Crippen LogP contribution in [0.15, 0.2) is 53.1 Å². The first-order valence-corrected chi connectivity index (χ1v) is 14.5. The van der Waals surface area contributed by atoms with E-state index >= 15 is 0 Å². The molecule has 0 bridgehead atoms. The summed E-state index contributed by atoms with van der Waals surface area (Å²) < 4.78 is 5.25. The van der Waals surface area contributed by atoms with Gasteiger partial charge in [-0.1, -0.05) is 71.4 Å². The van der Waals surface area contributed by atoms with Crippen LogP contribution in [0.25, 0.3) is 16.9 Å². The third-order valence-corrected chi connectivity index (χ3v) is 11.2. The molecule has 0 aromatic heterocycles. The second-order valence-electron chi connectivity index (χ2n) is 13.1. The van der Waals surface area contributed by atoms with E-state index in [9.17, 15) is 29.7 Å². The number of carbonyl (C=O) groups is 3. The first-order valence-electron chi connectivity index (χ1n) is 14.5. The third-order valence-electron chi connectivity index (χ3n) is 11.2. The van der Waals surface area contributed by atoms with Gasteiger partial charge in [-0.05, 0) is 60.8 Å². The number of aliphatic hydroxyl groups is 2. The summed E-state index contributed by atoms with van der Waals surface area (Å²) in [6.45, 7) is 14.5. The standard InChI is InChI=1S/C35H40O7/c1-16(2)27-17(3)25(19(5)36)31(39)35(41)32(40)28-30(38)26-23(18(4)33(28,7)20(6)34(27,35)8)14-15-24(29(26)37)21-10-12-22(42-9)13-11-21/h10-16,18,20,27,37-38,41H,1-9H3/t18-,20-,27+,33-,34-,35+/m0/s1. The normalized spacial score (nSPS) is 32.5. The molecule has 0 amide bonds. The molecule has 1 saturated carbocycles. The van der Waals surface area contributed by atoms with E-state index in [1.54, 1.807) is 51.3 Å². The molecule has 42 heavy (non-hydrogen) atoms. The number of fused-ring (bicyclic) bond motifs is 3. The van der Waals surface area contributed by atoms with Gasteiger partial charge < -0.3 is 20.1 Å². The highest BCUT2D eigenvalue weighted by molar-refractivity contribution is 6.33. The molecule has 0 saturated heterocycles. The summed E-state index contributed by atoms with van der Waals surface area (Å²) in [5.74, 6) is -3.78. The van der Waals surface area contributed by atoms with E-state index in [1.165, 1.54) is 6.92 Å². The summed E-state index contributed by atoms with van der Waals surface area (Å²) in [7, 11) is 1.56. The number of carbonyl (C=O) groups excluding carboxylic acids is 3. The average Bonchev–Trinajstić information content (AvgIpc) is 2.93. The highest BCUT2D eigenvalue weighted by Crippen LogP contribution is 2.70. The lowest BCUT2D eigenvalue weighted by Crippen LogP contribution is -2.74. The maximum absolute atomic E-state index is 14.7. The van der Waals surface area contributed by atoms with Crippen LogP contribution in [0.5, 0.6) is 11.5 Å². The Balaban J connectivity index is 1.82. The van der Waals surface area contributed by atoms with E-state index in [4.69, 9.17) is 4.74 Å². The van der Waals surface area contributed by atoms with Gasteiger partial charge in [0.1, 0.15) is 17.3 Å². The lowest BCUT2D eigenvalue weighted by molar-refractivity contribution is -0.194. The van der Waals surface area contributed by atoms with Gasteiger partial charge in [-0.3, -0.25) is 14.4 Å². The second-order valence-corrected chi connectivity index (χ2v) is 13.1. The maximum Gasteiger partial charge on any atom is 0.206 e. The van der Waals surface area contributed by atoms with Crippen molar-refractivity contribution in [2.24, 2.45) is 28.6 Å². The predicted molar refractivity (Wildman–Crippen MR) is 160 cm³/mol. The number of aliphatic hydroxyl groups excluding tert-OH is 1. The molecule has 3 aliphatic rings. The number of Topliss-reactive ketones (excluding diaryl/α,β-unsaturated/α-hetero) is 3. The average molecular weight is 573 g/mol. The van der Waals surface area contributed by atoms with E-state index in [0.717, 1.165) is 0 Å². The number of hydrogen-bond donors (Lipinski definition) is 3. The van der Waals surface area contributed by atoms with Gasteiger partial charge >= 0.3 is 0 Å². The van der Waals surface area contributed by atoms with Crippen molar-refractivity contribution in [2.75, 3.05) is 7.11 Å². The Labute approximate surface area is 246 Å². The number of benzene rings is 2. The molecule has 7 heteroatoms. The van der Waals surface area contributed by atoms with Crippen molar-refractivity contribution < 1.29 is 34.4 Å². The SMILES string of the molecule is COc1ccc(-c2ccc3c(c2O)C(O)=C2C(=O)[C@]4(O)C(=O)C(C(C)=O)=C(C)[C@@H](C(C)C)[C@]4(C)[C@@H](C)[C@]2(C)[C@H]3C)cc1. The zero-order valence-electron chi connectivity index (χ0n) is 25.7. The molecule has 0 heterocycles. The molecule has 3 aliphatic carbocycles. The highest BCUT2D eigenvalue weighted by atomic mass is 16.5. The van der Waals surface area contributed by atoms with Crippen LogP contribution in [-0.4, -0.2) is 45.4 Å². The Bertz CT molecular complexity index is 1610. The number of ketones is 3. The second kappa shape index (κ2) is 9.40. The first-order chi connectivity index (χ1) is 19.5. The van der Waals surface area contributed by atoms with Crippen molar-refractivity contribution in [1.29, 1.82) is 0 Å². The van der Waals surface area contributed by atoms with Crippen molar-refractivity contribution in [3.8, 4) is 22.6 Å². The lowest BCUT2D eigenvalue weighted by atomic mass is 9.37. The molecule has 5 rings (SSSR count). The highest BCUT2D eigenvalue weighted by Gasteiger charge is 2.75. The zero-order valence-corrected chi connectivity index (χ0v) is 25.7. The number of phenols is 1. The smallest absolute Gasteiger partial charge is 0.206 e. The van der Waals surface area contributed by atoms with Gasteiger partial charge in [0.2, 0.25) is 11.6 Å². The minimum atomic E-state index is -2.58. The van der Waals surface area contributed by atoms with Crippen LogP contribution in [0.2, 0.25) is 0 Å². The number of ether oxygens (including phenoxy) is 1. The largest absolute Gasteiger partial charge is 0.507 e. The van der Waals surface area contributed by atoms with Gasteiger partial charge in [0.25, 0.3) is 0 Å². The summed E-state index contributed by atoms with van der Waals surface area (Å²) in [6, 6.07) is 10.8. The molecule has 3 N–H and O–H groups in total. The summed E-state index contributed by atoms with van der Waals surface area (Å²) in [6.07, 6.45) is 0. The molecule has 7 nitrogen and oxygen atoms in total. The molecule has 0 unspecified atom stereocenters. The summed E-state index contributed by atoms with van der Waals surface area (Å²) in [4.78, 5) is 41.6. The number of aromatic hydroxyl groups is 1. The van der Waals surface area contributed by atoms with Crippen LogP contribution >= 0.6 is 0 Å². The van der Waals surface area contributed by atoms with Crippen molar-refractivity contribution >= 4 is 23.1 Å². The fourth-order valence-electron chi connectivity index (χ4n) is 8.88. The van der Waals surface area contributed by atoms with Crippen molar-refractivity contribution in [3.63, 3.8) is 0 Å². The van der Waals surface area contributed by atoms with Crippen molar-refractivity contribution in [2.45, 2.75) is 66.9 Å². The molecule has 0 aliphatic heterocycles. The van der Waals surface area contributed by atoms with Gasteiger partial charge in [-0.2, -0.15) is 0 Å².